The minimum absolute atomic E-state index is 0.0390. The van der Waals surface area contributed by atoms with Crippen LogP contribution in [0.4, 0.5) is 18.9 Å². The number of nitrogens with zero attached hydrogens (tertiary/aromatic N) is 1. The minimum atomic E-state index is -4.66. The molecule has 0 aliphatic rings. The van der Waals surface area contributed by atoms with Crippen LogP contribution in [0.1, 0.15) is 24.0 Å². The summed E-state index contributed by atoms with van der Waals surface area (Å²) in [5, 5.41) is 2.68. The highest BCUT2D eigenvalue weighted by Gasteiger charge is 2.33. The molecule has 0 spiro atoms. The first-order valence-electron chi connectivity index (χ1n) is 10.2. The second kappa shape index (κ2) is 10.1. The maximum absolute atomic E-state index is 13.3. The molecule has 1 atom stereocenters. The Labute approximate surface area is 190 Å². The molecule has 0 saturated carbocycles. The van der Waals surface area contributed by atoms with E-state index in [9.17, 15) is 26.4 Å². The maximum atomic E-state index is 13.3. The van der Waals surface area contributed by atoms with Crippen LogP contribution in [-0.2, 0) is 21.0 Å². The summed E-state index contributed by atoms with van der Waals surface area (Å²) in [7, 11) is -4.30. The molecule has 0 aliphatic carbocycles. The molecular formula is C24H23F3N2O3S. The van der Waals surface area contributed by atoms with Crippen LogP contribution in [0.15, 0.2) is 89.8 Å². The van der Waals surface area contributed by atoms with Crippen molar-refractivity contribution in [1.82, 2.24) is 5.32 Å². The van der Waals surface area contributed by atoms with E-state index in [0.717, 1.165) is 23.8 Å². The molecule has 0 aliphatic heterocycles. The molecule has 174 valence electrons. The number of halogens is 3. The Hall–Kier alpha value is -3.33. The molecule has 0 fully saturated rings. The Balaban J connectivity index is 1.87. The Morgan fingerprint density at radius 1 is 0.939 bits per heavy atom. The van der Waals surface area contributed by atoms with E-state index < -0.39 is 34.2 Å². The third-order valence-corrected chi connectivity index (χ3v) is 6.84. The summed E-state index contributed by atoms with van der Waals surface area (Å²) in [4.78, 5) is 12.6. The fourth-order valence-electron chi connectivity index (χ4n) is 3.22. The van der Waals surface area contributed by atoms with Crippen LogP contribution in [0.25, 0.3) is 0 Å². The normalized spacial score (nSPS) is 12.7. The summed E-state index contributed by atoms with van der Waals surface area (Å²) in [6.45, 7) is 1.48. The van der Waals surface area contributed by atoms with Crippen molar-refractivity contribution in [3.63, 3.8) is 0 Å². The molecule has 3 aromatic carbocycles. The van der Waals surface area contributed by atoms with Crippen LogP contribution in [0.3, 0.4) is 0 Å². The van der Waals surface area contributed by atoms with Gasteiger partial charge < -0.3 is 5.32 Å². The van der Waals surface area contributed by atoms with Gasteiger partial charge in [0.1, 0.15) is 6.54 Å². The van der Waals surface area contributed by atoms with Crippen LogP contribution in [0.2, 0.25) is 0 Å². The number of sulfonamides is 1. The number of alkyl halides is 3. The number of carbonyl (C=O) groups is 1. The summed E-state index contributed by atoms with van der Waals surface area (Å²) in [6, 6.07) is 20.6. The van der Waals surface area contributed by atoms with E-state index in [4.69, 9.17) is 0 Å². The average molecular weight is 477 g/mol. The monoisotopic (exact) mass is 476 g/mol. The smallest absolute Gasteiger partial charge is 0.354 e. The van der Waals surface area contributed by atoms with Crippen molar-refractivity contribution in [2.45, 2.75) is 23.9 Å². The molecule has 0 bridgehead atoms. The van der Waals surface area contributed by atoms with Gasteiger partial charge in [-0.15, -0.1) is 0 Å². The van der Waals surface area contributed by atoms with Gasteiger partial charge in [-0.05, 0) is 41.8 Å². The number of rotatable bonds is 8. The third-order valence-electron chi connectivity index (χ3n) is 5.05. The van der Waals surface area contributed by atoms with E-state index in [1.54, 1.807) is 6.07 Å². The Morgan fingerprint density at radius 2 is 1.55 bits per heavy atom. The highest BCUT2D eigenvalue weighted by Crippen LogP contribution is 2.33. The molecule has 3 rings (SSSR count). The highest BCUT2D eigenvalue weighted by atomic mass is 32.2. The highest BCUT2D eigenvalue weighted by molar-refractivity contribution is 7.92. The zero-order valence-electron chi connectivity index (χ0n) is 17.8. The van der Waals surface area contributed by atoms with Crippen molar-refractivity contribution in [3.8, 4) is 0 Å². The van der Waals surface area contributed by atoms with Crippen molar-refractivity contribution in [1.29, 1.82) is 0 Å². The van der Waals surface area contributed by atoms with Gasteiger partial charge in [-0.25, -0.2) is 8.42 Å². The van der Waals surface area contributed by atoms with Gasteiger partial charge in [0.2, 0.25) is 5.91 Å². The molecule has 0 heterocycles. The van der Waals surface area contributed by atoms with Crippen molar-refractivity contribution < 1.29 is 26.4 Å². The van der Waals surface area contributed by atoms with E-state index in [0.29, 0.717) is 4.31 Å². The van der Waals surface area contributed by atoms with E-state index in [1.807, 2.05) is 37.3 Å². The Bertz CT molecular complexity index is 1180. The molecule has 33 heavy (non-hydrogen) atoms. The standard InChI is InChI=1S/C24H23F3N2O3S/c1-18(19-9-4-2-5-10-19)16-28-23(30)17-29(33(31,32)22-13-6-3-7-14-22)21-12-8-11-20(15-21)24(25,26)27/h2-15,18H,16-17H2,1H3,(H,28,30). The third kappa shape index (κ3) is 6.13. The summed E-state index contributed by atoms with van der Waals surface area (Å²) >= 11 is 0. The molecule has 0 saturated heterocycles. The Morgan fingerprint density at radius 3 is 2.15 bits per heavy atom. The number of hydrogen-bond acceptors (Lipinski definition) is 3. The molecule has 1 N–H and O–H groups in total. The lowest BCUT2D eigenvalue weighted by Gasteiger charge is -2.25. The number of amides is 1. The first kappa shape index (κ1) is 24.3. The summed E-state index contributed by atoms with van der Waals surface area (Å²) < 4.78 is 66.9. The van der Waals surface area contributed by atoms with Crippen LogP contribution < -0.4 is 9.62 Å². The molecule has 9 heteroatoms. The van der Waals surface area contributed by atoms with Gasteiger partial charge in [-0.1, -0.05) is 61.5 Å². The topological polar surface area (TPSA) is 66.5 Å². The number of hydrogen-bond donors (Lipinski definition) is 1. The molecule has 3 aromatic rings. The van der Waals surface area contributed by atoms with Crippen molar-refractivity contribution in [3.05, 3.63) is 96.1 Å². The van der Waals surface area contributed by atoms with E-state index >= 15 is 0 Å². The predicted molar refractivity (Wildman–Crippen MR) is 120 cm³/mol. The number of nitrogens with one attached hydrogen (secondary N) is 1. The van der Waals surface area contributed by atoms with Crippen LogP contribution in [-0.4, -0.2) is 27.4 Å². The lowest BCUT2D eigenvalue weighted by Crippen LogP contribution is -2.41. The summed E-state index contributed by atoms with van der Waals surface area (Å²) in [5.74, 6) is -0.669. The lowest BCUT2D eigenvalue weighted by molar-refractivity contribution is -0.137. The van der Waals surface area contributed by atoms with Gasteiger partial charge in [-0.3, -0.25) is 9.10 Å². The van der Waals surface area contributed by atoms with Crippen molar-refractivity contribution in [2.75, 3.05) is 17.4 Å². The average Bonchev–Trinajstić information content (AvgIpc) is 2.81. The molecular weight excluding hydrogens is 453 g/mol. The van der Waals surface area contributed by atoms with Gasteiger partial charge in [0.05, 0.1) is 16.1 Å². The van der Waals surface area contributed by atoms with E-state index in [1.165, 1.54) is 30.3 Å². The second-order valence-electron chi connectivity index (χ2n) is 7.49. The van der Waals surface area contributed by atoms with Gasteiger partial charge in [0.15, 0.2) is 0 Å². The SMILES string of the molecule is CC(CNC(=O)CN(c1cccc(C(F)(F)F)c1)S(=O)(=O)c1ccccc1)c1ccccc1. The van der Waals surface area contributed by atoms with Crippen molar-refractivity contribution in [2.24, 2.45) is 0 Å². The number of carbonyl (C=O) groups excluding carboxylic acids is 1. The molecule has 0 radical (unpaired) electrons. The van der Waals surface area contributed by atoms with E-state index in [-0.39, 0.29) is 23.0 Å². The van der Waals surface area contributed by atoms with Crippen molar-refractivity contribution >= 4 is 21.6 Å². The quantitative estimate of drug-likeness (QED) is 0.507. The second-order valence-corrected chi connectivity index (χ2v) is 9.35. The van der Waals surface area contributed by atoms with Gasteiger partial charge in [0, 0.05) is 6.54 Å². The van der Waals surface area contributed by atoms with Gasteiger partial charge >= 0.3 is 6.18 Å². The predicted octanol–water partition coefficient (Wildman–Crippen LogP) is 4.82. The fraction of sp³-hybridized carbons (Fsp3) is 0.208. The lowest BCUT2D eigenvalue weighted by atomic mass is 10.0. The summed E-state index contributed by atoms with van der Waals surface area (Å²) in [5.41, 5.74) is -0.268. The molecule has 5 nitrogen and oxygen atoms in total. The molecule has 0 aromatic heterocycles. The number of anilines is 1. The zero-order valence-corrected chi connectivity index (χ0v) is 18.6. The zero-order chi connectivity index (χ0) is 24.1. The molecule has 1 unspecified atom stereocenters. The van der Waals surface area contributed by atoms with E-state index in [2.05, 4.69) is 5.32 Å². The largest absolute Gasteiger partial charge is 0.416 e. The fourth-order valence-corrected chi connectivity index (χ4v) is 4.66. The Kier molecular flexibility index (Phi) is 7.43. The first-order chi connectivity index (χ1) is 15.6. The minimum Gasteiger partial charge on any atom is -0.354 e. The van der Waals surface area contributed by atoms with Crippen LogP contribution in [0.5, 0.6) is 0 Å². The van der Waals surface area contributed by atoms with Gasteiger partial charge in [0.25, 0.3) is 10.0 Å². The first-order valence-corrected chi connectivity index (χ1v) is 11.6. The van der Waals surface area contributed by atoms with Gasteiger partial charge in [-0.2, -0.15) is 13.2 Å². The summed E-state index contributed by atoms with van der Waals surface area (Å²) in [6.07, 6.45) is -4.66. The maximum Gasteiger partial charge on any atom is 0.416 e. The number of benzene rings is 3. The van der Waals surface area contributed by atoms with Crippen LogP contribution >= 0.6 is 0 Å². The molecule has 1 amide bonds. The van der Waals surface area contributed by atoms with Crippen LogP contribution in [0, 0.1) is 0 Å².